The number of anilines is 2. The maximum Gasteiger partial charge on any atom is 0.266 e. The Bertz CT molecular complexity index is 2140. The third-order valence-corrected chi connectivity index (χ3v) is 13.1. The molecule has 1 aromatic heterocycles. The zero-order valence-corrected chi connectivity index (χ0v) is 32.7. The van der Waals surface area contributed by atoms with E-state index in [0.717, 1.165) is 69.9 Å². The van der Waals surface area contributed by atoms with E-state index in [1.165, 1.54) is 5.69 Å². The van der Waals surface area contributed by atoms with Gasteiger partial charge in [-0.05, 0) is 73.2 Å². The van der Waals surface area contributed by atoms with Crippen molar-refractivity contribution in [1.29, 1.82) is 0 Å². The first kappa shape index (κ1) is 37.4. The minimum absolute atomic E-state index is 0.0337. The number of nitrogens with zero attached hydrogens (tertiary/aromatic N) is 6. The van der Waals surface area contributed by atoms with E-state index in [9.17, 15) is 19.5 Å². The molecular formula is C44H48ClN7O5. The molecule has 12 nitrogen and oxygen atoms in total. The van der Waals surface area contributed by atoms with Gasteiger partial charge in [-0.2, -0.15) is 10.2 Å². The van der Waals surface area contributed by atoms with E-state index in [0.29, 0.717) is 66.7 Å². The molecule has 1 spiro atoms. The number of aromatic hydroxyl groups is 1. The molecule has 296 valence electrons. The monoisotopic (exact) mass is 789 g/mol. The third kappa shape index (κ3) is 7.52. The Morgan fingerprint density at radius 1 is 0.860 bits per heavy atom. The minimum atomic E-state index is -1.03. The van der Waals surface area contributed by atoms with Gasteiger partial charge in [0.05, 0.1) is 28.5 Å². The van der Waals surface area contributed by atoms with Crippen LogP contribution in [0, 0.1) is 11.3 Å². The van der Waals surface area contributed by atoms with Gasteiger partial charge in [0, 0.05) is 94.8 Å². The van der Waals surface area contributed by atoms with Crippen molar-refractivity contribution < 1.29 is 24.2 Å². The molecule has 5 aliphatic rings. The number of imide groups is 1. The van der Waals surface area contributed by atoms with Crippen LogP contribution in [0.2, 0.25) is 5.02 Å². The van der Waals surface area contributed by atoms with Gasteiger partial charge in [0.15, 0.2) is 5.60 Å². The van der Waals surface area contributed by atoms with Gasteiger partial charge in [-0.15, -0.1) is 0 Å². The SMILES string of the molecule is O=C1CC[C@H](c2ccc(N3CCC(CN4CC5(C4)CN(C(=O)C4(Oc6ccccc6Cl)CCN(c6cnnc(-c7ccccc7O)c6)CC4)C5)CC3)cc2)C(=O)N1. The van der Waals surface area contributed by atoms with Crippen molar-refractivity contribution in [3.8, 4) is 22.8 Å². The van der Waals surface area contributed by atoms with Gasteiger partial charge in [-0.3, -0.25) is 19.7 Å². The van der Waals surface area contributed by atoms with Crippen LogP contribution in [-0.4, -0.2) is 107 Å². The van der Waals surface area contributed by atoms with Gasteiger partial charge in [0.25, 0.3) is 5.91 Å². The van der Waals surface area contributed by atoms with Crippen molar-refractivity contribution in [2.24, 2.45) is 11.3 Å². The van der Waals surface area contributed by atoms with Crippen LogP contribution < -0.4 is 19.9 Å². The van der Waals surface area contributed by atoms with Crippen molar-refractivity contribution in [2.75, 3.05) is 68.7 Å². The molecule has 0 radical (unpaired) electrons. The summed E-state index contributed by atoms with van der Waals surface area (Å²) >= 11 is 6.58. The lowest BCUT2D eigenvalue weighted by atomic mass is 9.71. The van der Waals surface area contributed by atoms with E-state index in [4.69, 9.17) is 16.3 Å². The van der Waals surface area contributed by atoms with Crippen LogP contribution in [-0.2, 0) is 14.4 Å². The molecule has 0 aliphatic carbocycles. The number of carbonyl (C=O) groups excluding carboxylic acids is 3. The third-order valence-electron chi connectivity index (χ3n) is 12.8. The molecule has 5 fully saturated rings. The molecule has 2 N–H and O–H groups in total. The summed E-state index contributed by atoms with van der Waals surface area (Å²) in [6, 6.07) is 24.7. The Hall–Kier alpha value is -5.20. The van der Waals surface area contributed by atoms with Crippen LogP contribution >= 0.6 is 11.6 Å². The van der Waals surface area contributed by atoms with E-state index >= 15 is 0 Å². The number of piperidine rings is 3. The molecule has 3 aromatic carbocycles. The quantitative estimate of drug-likeness (QED) is 0.210. The maximum absolute atomic E-state index is 14.5. The summed E-state index contributed by atoms with van der Waals surface area (Å²) < 4.78 is 6.66. The number of benzene rings is 3. The van der Waals surface area contributed by atoms with Gasteiger partial charge in [0.1, 0.15) is 11.5 Å². The Balaban J connectivity index is 0.779. The van der Waals surface area contributed by atoms with Crippen molar-refractivity contribution in [1.82, 2.24) is 25.3 Å². The van der Waals surface area contributed by atoms with Crippen molar-refractivity contribution >= 4 is 40.7 Å². The van der Waals surface area contributed by atoms with Crippen LogP contribution in [0.4, 0.5) is 11.4 Å². The summed E-state index contributed by atoms with van der Waals surface area (Å²) in [7, 11) is 0. The fraction of sp³-hybridized carbons (Fsp3) is 0.432. The number of para-hydroxylation sites is 2. The first-order valence-corrected chi connectivity index (χ1v) is 20.5. The summed E-state index contributed by atoms with van der Waals surface area (Å²) in [5.41, 5.74) is 3.35. The Morgan fingerprint density at radius 3 is 2.28 bits per heavy atom. The van der Waals surface area contributed by atoms with Crippen LogP contribution in [0.15, 0.2) is 85.1 Å². The zero-order valence-electron chi connectivity index (χ0n) is 32.0. The molecule has 9 rings (SSSR count). The predicted molar refractivity (Wildman–Crippen MR) is 217 cm³/mol. The second-order valence-electron chi connectivity index (χ2n) is 16.7. The van der Waals surface area contributed by atoms with E-state index in [1.54, 1.807) is 24.4 Å². The normalized spacial score (nSPS) is 22.1. The predicted octanol–water partition coefficient (Wildman–Crippen LogP) is 5.50. The molecule has 13 heteroatoms. The molecule has 0 bridgehead atoms. The average molecular weight is 790 g/mol. The fourth-order valence-corrected chi connectivity index (χ4v) is 9.84. The summed E-state index contributed by atoms with van der Waals surface area (Å²) in [5.74, 6) is 0.708. The summed E-state index contributed by atoms with van der Waals surface area (Å²) in [5, 5.41) is 21.9. The highest BCUT2D eigenvalue weighted by Gasteiger charge is 2.57. The van der Waals surface area contributed by atoms with Crippen LogP contribution in [0.3, 0.4) is 0 Å². The first-order chi connectivity index (χ1) is 27.7. The highest BCUT2D eigenvalue weighted by atomic mass is 35.5. The molecule has 5 aliphatic heterocycles. The van der Waals surface area contributed by atoms with Gasteiger partial charge in [-0.1, -0.05) is 48.0 Å². The van der Waals surface area contributed by atoms with Crippen LogP contribution in [0.5, 0.6) is 11.5 Å². The lowest BCUT2D eigenvalue weighted by Crippen LogP contribution is -2.75. The molecule has 57 heavy (non-hydrogen) atoms. The number of phenolic OH excluding ortho intramolecular Hbond substituents is 1. The maximum atomic E-state index is 14.5. The minimum Gasteiger partial charge on any atom is -0.507 e. The lowest BCUT2D eigenvalue weighted by Gasteiger charge is -2.62. The Morgan fingerprint density at radius 2 is 1.56 bits per heavy atom. The largest absolute Gasteiger partial charge is 0.507 e. The molecular weight excluding hydrogens is 742 g/mol. The van der Waals surface area contributed by atoms with E-state index in [1.807, 2.05) is 53.4 Å². The van der Waals surface area contributed by atoms with E-state index < -0.39 is 5.60 Å². The summed E-state index contributed by atoms with van der Waals surface area (Å²) in [6.45, 7) is 7.77. The number of ether oxygens (including phenoxy) is 1. The number of carbonyl (C=O) groups is 3. The van der Waals surface area contributed by atoms with Crippen LogP contribution in [0.25, 0.3) is 11.3 Å². The number of hydrogen-bond acceptors (Lipinski definition) is 10. The zero-order chi connectivity index (χ0) is 39.1. The van der Waals surface area contributed by atoms with Crippen LogP contribution in [0.1, 0.15) is 50.0 Å². The number of phenols is 1. The average Bonchev–Trinajstić information content (AvgIpc) is 3.20. The molecule has 4 aromatic rings. The molecule has 0 unspecified atom stereocenters. The number of hydrogen-bond donors (Lipinski definition) is 2. The number of amides is 3. The van der Waals surface area contributed by atoms with Gasteiger partial charge in [0.2, 0.25) is 11.8 Å². The smallest absolute Gasteiger partial charge is 0.266 e. The van der Waals surface area contributed by atoms with Gasteiger partial charge in [-0.25, -0.2) is 0 Å². The Labute approximate surface area is 337 Å². The summed E-state index contributed by atoms with van der Waals surface area (Å²) in [6.07, 6.45) is 5.92. The lowest BCUT2D eigenvalue weighted by molar-refractivity contribution is -0.176. The van der Waals surface area contributed by atoms with E-state index in [-0.39, 0.29) is 34.8 Å². The molecule has 5 saturated heterocycles. The number of nitrogens with one attached hydrogen (secondary N) is 1. The second kappa shape index (κ2) is 15.3. The van der Waals surface area contributed by atoms with E-state index in [2.05, 4.69) is 42.3 Å². The van der Waals surface area contributed by atoms with Gasteiger partial charge < -0.3 is 29.4 Å². The summed E-state index contributed by atoms with van der Waals surface area (Å²) in [4.78, 5) is 47.6. The molecule has 1 atom stereocenters. The molecule has 6 heterocycles. The number of halogens is 1. The highest BCUT2D eigenvalue weighted by Crippen LogP contribution is 2.44. The standard InChI is InChI=1S/C44H48ClN7O5/c45-36-6-2-4-8-39(36)57-44(17-21-51(22-18-44)33-23-37(48-46-24-33)35-5-1-3-7-38(35)53)42(56)52-28-43(29-52)26-49(27-43)25-30-15-19-50(20-16-30)32-11-9-31(10-12-32)34-13-14-40(54)47-41(34)55/h1-12,23-24,30,34,53H,13-22,25-29H2,(H,47,54,55)/t34-/m1/s1. The number of likely N-dealkylation sites (tertiary alicyclic amines) is 2. The highest BCUT2D eigenvalue weighted by molar-refractivity contribution is 6.32. The fourth-order valence-electron chi connectivity index (χ4n) is 9.67. The molecule has 0 saturated carbocycles. The Kier molecular flexibility index (Phi) is 10.0. The van der Waals surface area contributed by atoms with Gasteiger partial charge >= 0.3 is 0 Å². The molecule has 3 amide bonds. The van der Waals surface area contributed by atoms with Crippen molar-refractivity contribution in [3.05, 3.63) is 95.6 Å². The number of rotatable bonds is 9. The topological polar surface area (TPSA) is 131 Å². The number of aromatic nitrogens is 2. The van der Waals surface area contributed by atoms with Crippen molar-refractivity contribution in [3.63, 3.8) is 0 Å². The first-order valence-electron chi connectivity index (χ1n) is 20.2. The second-order valence-corrected chi connectivity index (χ2v) is 17.1. The van der Waals surface area contributed by atoms with Crippen molar-refractivity contribution in [2.45, 2.75) is 50.0 Å².